The first-order chi connectivity index (χ1) is 16.6. The minimum Gasteiger partial charge on any atom is -0.391 e. The van der Waals surface area contributed by atoms with E-state index in [4.69, 9.17) is 11.6 Å². The van der Waals surface area contributed by atoms with Gasteiger partial charge in [0.2, 0.25) is 0 Å². The van der Waals surface area contributed by atoms with Crippen molar-refractivity contribution in [2.75, 3.05) is 13.1 Å². The molecule has 0 aromatic heterocycles. The van der Waals surface area contributed by atoms with Crippen LogP contribution in [0.5, 0.6) is 0 Å². The van der Waals surface area contributed by atoms with Crippen LogP contribution in [-0.2, 0) is 16.6 Å². The quantitative estimate of drug-likeness (QED) is 0.518. The van der Waals surface area contributed by atoms with Crippen LogP contribution in [0.4, 0.5) is 30.7 Å². The van der Waals surface area contributed by atoms with Crippen LogP contribution in [0.3, 0.4) is 0 Å². The Labute approximate surface area is 205 Å². The van der Waals surface area contributed by atoms with Gasteiger partial charge in [-0.15, -0.1) is 0 Å². The summed E-state index contributed by atoms with van der Waals surface area (Å²) in [4.78, 5) is 18.8. The second kappa shape index (κ2) is 8.91. The van der Waals surface area contributed by atoms with Crippen molar-refractivity contribution in [3.05, 3.63) is 69.0 Å². The number of oxime groups is 1. The number of carbonyl (C=O) groups is 1. The molecular weight excluding hydrogens is 521 g/mol. The first kappa shape index (κ1) is 26.2. The lowest BCUT2D eigenvalue weighted by molar-refractivity contribution is -0.276. The van der Waals surface area contributed by atoms with Crippen LogP contribution in [0.1, 0.15) is 45.5 Å². The van der Waals surface area contributed by atoms with Crippen LogP contribution in [0, 0.1) is 12.7 Å². The van der Waals surface area contributed by atoms with Crippen molar-refractivity contribution >= 4 is 23.2 Å². The Kier molecular flexibility index (Phi) is 6.49. The minimum absolute atomic E-state index is 0.0185. The van der Waals surface area contributed by atoms with E-state index in [2.05, 4.69) is 9.99 Å². The molecule has 0 radical (unpaired) electrons. The Morgan fingerprint density at radius 1 is 1.19 bits per heavy atom. The van der Waals surface area contributed by atoms with Crippen molar-refractivity contribution in [1.82, 2.24) is 4.90 Å². The number of hydrogen-bond acceptors (Lipinski definition) is 4. The third-order valence-corrected chi connectivity index (χ3v) is 6.49. The third-order valence-electron chi connectivity index (χ3n) is 6.22. The van der Waals surface area contributed by atoms with Gasteiger partial charge < -0.3 is 14.8 Å². The number of alkyl halides is 6. The molecule has 2 aliphatic rings. The zero-order valence-electron chi connectivity index (χ0n) is 18.5. The number of likely N-dealkylation sites (tertiary alicyclic amines) is 1. The van der Waals surface area contributed by atoms with E-state index in [1.54, 1.807) is 6.92 Å². The fraction of sp³-hybridized carbons (Fsp3) is 0.391. The number of nitrogens with zero attached hydrogens (tertiary/aromatic N) is 2. The number of carbonyl (C=O) groups excluding carboxylic acids is 1. The van der Waals surface area contributed by atoms with E-state index in [9.17, 15) is 40.6 Å². The van der Waals surface area contributed by atoms with Crippen molar-refractivity contribution in [3.63, 3.8) is 0 Å². The van der Waals surface area contributed by atoms with Crippen LogP contribution in [0.15, 0.2) is 35.5 Å². The Hall–Kier alpha value is -2.86. The Morgan fingerprint density at radius 3 is 2.44 bits per heavy atom. The Bertz CT molecular complexity index is 1250. The number of aliphatic hydroxyl groups is 1. The highest BCUT2D eigenvalue weighted by Gasteiger charge is 2.64. The molecular formula is C23H18ClF7N2O3. The molecule has 1 saturated heterocycles. The molecule has 2 heterocycles. The zero-order valence-corrected chi connectivity index (χ0v) is 19.2. The van der Waals surface area contributed by atoms with Gasteiger partial charge in [-0.2, -0.15) is 26.3 Å². The van der Waals surface area contributed by atoms with Gasteiger partial charge in [0.25, 0.3) is 11.5 Å². The van der Waals surface area contributed by atoms with Crippen molar-refractivity contribution in [1.29, 1.82) is 0 Å². The molecule has 1 fully saturated rings. The van der Waals surface area contributed by atoms with E-state index >= 15 is 0 Å². The number of β-amino-alcohol motifs (C(OH)–C–C–N with tert-alkyl or cyclic N) is 1. The summed E-state index contributed by atoms with van der Waals surface area (Å²) in [6, 6.07) is 4.28. The topological polar surface area (TPSA) is 62.1 Å². The monoisotopic (exact) mass is 538 g/mol. The second-order valence-corrected chi connectivity index (χ2v) is 9.08. The predicted octanol–water partition coefficient (Wildman–Crippen LogP) is 5.60. The number of halogens is 8. The molecule has 0 bridgehead atoms. The van der Waals surface area contributed by atoms with Gasteiger partial charge >= 0.3 is 12.4 Å². The van der Waals surface area contributed by atoms with E-state index in [-0.39, 0.29) is 41.4 Å². The number of hydrogen-bond donors (Lipinski definition) is 1. The van der Waals surface area contributed by atoms with E-state index in [0.717, 1.165) is 0 Å². The molecule has 36 heavy (non-hydrogen) atoms. The lowest BCUT2D eigenvalue weighted by atomic mass is 9.85. The molecule has 0 saturated carbocycles. The zero-order chi connectivity index (χ0) is 26.6. The molecule has 194 valence electrons. The van der Waals surface area contributed by atoms with E-state index in [1.807, 2.05) is 0 Å². The third kappa shape index (κ3) is 4.52. The van der Waals surface area contributed by atoms with E-state index in [0.29, 0.717) is 18.5 Å². The van der Waals surface area contributed by atoms with Gasteiger partial charge in [-0.3, -0.25) is 4.79 Å². The fourth-order valence-electron chi connectivity index (χ4n) is 4.26. The molecule has 2 atom stereocenters. The number of aryl methyl sites for hydroxylation is 1. The molecule has 2 aromatic rings. The van der Waals surface area contributed by atoms with Crippen LogP contribution in [0.2, 0.25) is 5.02 Å². The number of aliphatic hydroxyl groups excluding tert-OH is 1. The van der Waals surface area contributed by atoms with Gasteiger partial charge in [0.1, 0.15) is 5.82 Å². The number of amides is 1. The second-order valence-electron chi connectivity index (χ2n) is 8.67. The highest BCUT2D eigenvalue weighted by molar-refractivity contribution is 6.30. The average molecular weight is 539 g/mol. The molecule has 1 N–H and O–H groups in total. The van der Waals surface area contributed by atoms with Gasteiger partial charge in [0.05, 0.1) is 28.8 Å². The lowest BCUT2D eigenvalue weighted by Gasteiger charge is -2.30. The molecule has 0 spiro atoms. The normalized spacial score (nSPS) is 22.6. The molecule has 2 aliphatic heterocycles. The number of benzene rings is 2. The summed E-state index contributed by atoms with van der Waals surface area (Å²) in [6.07, 6.45) is -11.8. The highest BCUT2D eigenvalue weighted by Crippen LogP contribution is 2.51. The van der Waals surface area contributed by atoms with Gasteiger partial charge in [-0.05, 0) is 48.7 Å². The van der Waals surface area contributed by atoms with Crippen molar-refractivity contribution in [2.24, 2.45) is 5.16 Å². The summed E-state index contributed by atoms with van der Waals surface area (Å²) in [5.41, 5.74) is -6.12. The van der Waals surface area contributed by atoms with Gasteiger partial charge in [0.15, 0.2) is 0 Å². The van der Waals surface area contributed by atoms with Crippen LogP contribution >= 0.6 is 11.6 Å². The van der Waals surface area contributed by atoms with Gasteiger partial charge in [-0.25, -0.2) is 4.39 Å². The molecule has 0 aliphatic carbocycles. The summed E-state index contributed by atoms with van der Waals surface area (Å²) in [5.74, 6) is -2.08. The maximum absolute atomic E-state index is 14.7. The first-order valence-corrected chi connectivity index (χ1v) is 11.0. The first-order valence-electron chi connectivity index (χ1n) is 10.6. The van der Waals surface area contributed by atoms with E-state index < -0.39 is 52.4 Å². The van der Waals surface area contributed by atoms with Crippen molar-refractivity contribution < 1.29 is 45.5 Å². The van der Waals surface area contributed by atoms with Gasteiger partial charge in [-0.1, -0.05) is 22.8 Å². The summed E-state index contributed by atoms with van der Waals surface area (Å²) in [5, 5.41) is 11.9. The largest absolute Gasteiger partial charge is 0.435 e. The maximum Gasteiger partial charge on any atom is 0.435 e. The SMILES string of the molecule is Cc1cc(C2=NOC(c3cc(C(F)(F)F)cc(Cl)c3F)(C(F)(F)F)C2)ccc1C(=O)N1CCC(O)C1. The molecule has 13 heteroatoms. The summed E-state index contributed by atoms with van der Waals surface area (Å²) in [6.45, 7) is 2.05. The highest BCUT2D eigenvalue weighted by atomic mass is 35.5. The van der Waals surface area contributed by atoms with Gasteiger partial charge in [0, 0.05) is 24.2 Å². The number of rotatable bonds is 3. The van der Waals surface area contributed by atoms with Crippen LogP contribution in [0.25, 0.3) is 0 Å². The minimum atomic E-state index is -5.37. The average Bonchev–Trinajstić information content (AvgIpc) is 3.41. The van der Waals surface area contributed by atoms with E-state index in [1.165, 1.54) is 23.1 Å². The molecule has 1 amide bonds. The molecule has 4 rings (SSSR count). The standard InChI is InChI=1S/C23H18ClF7N2O3/c1-11-6-12(2-3-15(11)20(35)33-5-4-14(34)10-33)18-9-21(36-32-18,23(29,30)31)16-7-13(22(26,27)28)8-17(24)19(16)25/h2-3,6-8,14,34H,4-5,9-10H2,1H3. The molecule has 2 unspecified atom stereocenters. The summed E-state index contributed by atoms with van der Waals surface area (Å²) >= 11 is 5.51. The lowest BCUT2D eigenvalue weighted by Crippen LogP contribution is -2.43. The Balaban J connectivity index is 1.69. The summed E-state index contributed by atoms with van der Waals surface area (Å²) < 4.78 is 97.1. The summed E-state index contributed by atoms with van der Waals surface area (Å²) in [7, 11) is 0. The van der Waals surface area contributed by atoms with Crippen molar-refractivity contribution in [3.8, 4) is 0 Å². The fourth-order valence-corrected chi connectivity index (χ4v) is 4.48. The smallest absolute Gasteiger partial charge is 0.391 e. The molecule has 2 aromatic carbocycles. The van der Waals surface area contributed by atoms with Crippen molar-refractivity contribution in [2.45, 2.75) is 43.8 Å². The Morgan fingerprint density at radius 2 is 1.89 bits per heavy atom. The van der Waals surface area contributed by atoms with Crippen LogP contribution < -0.4 is 0 Å². The molecule has 5 nitrogen and oxygen atoms in total. The predicted molar refractivity (Wildman–Crippen MR) is 114 cm³/mol. The van der Waals surface area contributed by atoms with Crippen LogP contribution in [-0.4, -0.2) is 47.0 Å². The maximum atomic E-state index is 14.7.